The number of thiophene rings is 1. The fourth-order valence-electron chi connectivity index (χ4n) is 1.92. The number of amides is 2. The fourth-order valence-corrected chi connectivity index (χ4v) is 4.68. The monoisotopic (exact) mass is 328 g/mol. The molecule has 0 radical (unpaired) electrons. The highest BCUT2D eigenvalue weighted by Gasteiger charge is 2.37. The highest BCUT2D eigenvalue weighted by molar-refractivity contribution is 7.90. The van der Waals surface area contributed by atoms with Crippen LogP contribution >= 0.6 is 22.9 Å². The van der Waals surface area contributed by atoms with E-state index in [0.29, 0.717) is 16.3 Å². The third-order valence-electron chi connectivity index (χ3n) is 2.93. The molecule has 2 aromatic rings. The molecule has 3 rings (SSSR count). The lowest BCUT2D eigenvalue weighted by molar-refractivity contribution is 0.233. The molecule has 0 saturated heterocycles. The van der Waals surface area contributed by atoms with Gasteiger partial charge in [-0.2, -0.15) is 0 Å². The lowest BCUT2D eigenvalue weighted by Gasteiger charge is -2.27. The highest BCUT2D eigenvalue weighted by Crippen LogP contribution is 2.34. The van der Waals surface area contributed by atoms with Crippen molar-refractivity contribution in [1.29, 1.82) is 0 Å². The van der Waals surface area contributed by atoms with Gasteiger partial charge in [0.05, 0.1) is 12.2 Å². The number of sulfonamides is 1. The zero-order chi connectivity index (χ0) is 14.3. The third-order valence-corrected chi connectivity index (χ3v) is 5.96. The predicted molar refractivity (Wildman–Crippen MR) is 77.5 cm³/mol. The number of halogens is 1. The van der Waals surface area contributed by atoms with Crippen molar-refractivity contribution in [3.8, 4) is 0 Å². The van der Waals surface area contributed by atoms with Gasteiger partial charge in [0.15, 0.2) is 0 Å². The summed E-state index contributed by atoms with van der Waals surface area (Å²) < 4.78 is 25.6. The quantitative estimate of drug-likeness (QED) is 0.921. The number of hydrogen-bond acceptors (Lipinski definition) is 4. The van der Waals surface area contributed by atoms with Gasteiger partial charge < -0.3 is 5.32 Å². The summed E-state index contributed by atoms with van der Waals surface area (Å²) in [7, 11) is -3.83. The molecule has 1 N–H and O–H groups in total. The Morgan fingerprint density at radius 2 is 2.00 bits per heavy atom. The van der Waals surface area contributed by atoms with E-state index < -0.39 is 16.1 Å². The number of carbonyl (C=O) groups is 1. The number of benzene rings is 1. The molecule has 1 aromatic heterocycles. The molecule has 0 bridgehead atoms. The number of anilines is 1. The summed E-state index contributed by atoms with van der Waals surface area (Å²) >= 11 is 7.24. The molecule has 0 unspecified atom stereocenters. The van der Waals surface area contributed by atoms with E-state index in [4.69, 9.17) is 11.6 Å². The van der Waals surface area contributed by atoms with Crippen molar-refractivity contribution in [3.63, 3.8) is 0 Å². The molecule has 1 aromatic carbocycles. The molecule has 2 amide bonds. The van der Waals surface area contributed by atoms with E-state index in [1.54, 1.807) is 29.6 Å². The molecule has 8 heteroatoms. The van der Waals surface area contributed by atoms with Crippen LogP contribution in [-0.4, -0.2) is 18.8 Å². The average Bonchev–Trinajstić information content (AvgIpc) is 2.85. The number of urea groups is 1. The number of hydrogen-bond donors (Lipinski definition) is 1. The van der Waals surface area contributed by atoms with Gasteiger partial charge in [-0.25, -0.2) is 17.5 Å². The zero-order valence-corrected chi connectivity index (χ0v) is 12.4. The number of carbonyl (C=O) groups excluding carboxylic acids is 1. The van der Waals surface area contributed by atoms with Crippen LogP contribution in [0.25, 0.3) is 0 Å². The summed E-state index contributed by atoms with van der Waals surface area (Å²) in [6.07, 6.45) is 0. The Morgan fingerprint density at radius 3 is 2.75 bits per heavy atom. The van der Waals surface area contributed by atoms with Gasteiger partial charge in [0.25, 0.3) is 10.0 Å². The van der Waals surface area contributed by atoms with Crippen LogP contribution < -0.4 is 5.32 Å². The second-order valence-electron chi connectivity index (χ2n) is 4.18. The first-order chi connectivity index (χ1) is 9.50. The first-order valence-electron chi connectivity index (χ1n) is 5.63. The summed E-state index contributed by atoms with van der Waals surface area (Å²) in [5.74, 6) is 0. The second kappa shape index (κ2) is 4.76. The molecular weight excluding hydrogens is 320 g/mol. The zero-order valence-electron chi connectivity index (χ0n) is 10.0. The van der Waals surface area contributed by atoms with E-state index in [0.717, 1.165) is 4.31 Å². The number of fused-ring (bicyclic) bond motifs is 1. The summed E-state index contributed by atoms with van der Waals surface area (Å²) in [5, 5.41) is 6.08. The molecule has 0 atom stereocenters. The normalized spacial score (nSPS) is 16.6. The minimum absolute atomic E-state index is 0.0941. The SMILES string of the molecule is O=C1Nc2cscc2S(=O)(=O)N1Cc1ccccc1Cl. The summed E-state index contributed by atoms with van der Waals surface area (Å²) in [6, 6.07) is 6.16. The lowest BCUT2D eigenvalue weighted by atomic mass is 10.2. The first kappa shape index (κ1) is 13.4. The molecule has 0 spiro atoms. The van der Waals surface area contributed by atoms with Gasteiger partial charge in [-0.05, 0) is 11.6 Å². The highest BCUT2D eigenvalue weighted by atomic mass is 35.5. The van der Waals surface area contributed by atoms with Gasteiger partial charge in [-0.1, -0.05) is 29.8 Å². The molecule has 104 valence electrons. The maximum atomic E-state index is 12.4. The van der Waals surface area contributed by atoms with Crippen molar-refractivity contribution in [1.82, 2.24) is 4.31 Å². The average molecular weight is 329 g/mol. The second-order valence-corrected chi connectivity index (χ2v) is 7.16. The molecule has 20 heavy (non-hydrogen) atoms. The van der Waals surface area contributed by atoms with Gasteiger partial charge in [0, 0.05) is 15.8 Å². The Balaban J connectivity index is 2.03. The smallest absolute Gasteiger partial charge is 0.305 e. The van der Waals surface area contributed by atoms with Crippen molar-refractivity contribution < 1.29 is 13.2 Å². The Bertz CT molecular complexity index is 786. The molecule has 5 nitrogen and oxygen atoms in total. The predicted octanol–water partition coefficient (Wildman–Crippen LogP) is 3.14. The van der Waals surface area contributed by atoms with Crippen molar-refractivity contribution in [2.75, 3.05) is 5.32 Å². The standard InChI is InChI=1S/C12H9ClN2O3S2/c13-9-4-2-1-3-8(9)5-15-12(16)14-10-6-19-7-11(10)20(15,17)18/h1-4,6-7H,5H2,(H,14,16). The maximum absolute atomic E-state index is 12.4. The molecule has 1 aliphatic rings. The van der Waals surface area contributed by atoms with Crippen molar-refractivity contribution in [2.24, 2.45) is 0 Å². The van der Waals surface area contributed by atoms with Gasteiger partial charge in [-0.3, -0.25) is 0 Å². The first-order valence-corrected chi connectivity index (χ1v) is 8.39. The molecule has 1 aliphatic heterocycles. The van der Waals surface area contributed by atoms with E-state index in [9.17, 15) is 13.2 Å². The van der Waals surface area contributed by atoms with Gasteiger partial charge in [0.1, 0.15) is 4.90 Å². The Labute approximate surface area is 124 Å². The Morgan fingerprint density at radius 1 is 1.25 bits per heavy atom. The van der Waals surface area contributed by atoms with Crippen molar-refractivity contribution >= 4 is 44.7 Å². The van der Waals surface area contributed by atoms with E-state index >= 15 is 0 Å². The van der Waals surface area contributed by atoms with Crippen LogP contribution in [-0.2, 0) is 16.6 Å². The lowest BCUT2D eigenvalue weighted by Crippen LogP contribution is -2.42. The topological polar surface area (TPSA) is 66.5 Å². The molecule has 0 fully saturated rings. The molecular formula is C12H9ClN2O3S2. The van der Waals surface area contributed by atoms with Crippen LogP contribution in [0.15, 0.2) is 39.9 Å². The largest absolute Gasteiger partial charge is 0.336 e. The van der Waals surface area contributed by atoms with Crippen LogP contribution in [0.5, 0.6) is 0 Å². The Hall–Kier alpha value is -1.57. The van der Waals surface area contributed by atoms with Crippen molar-refractivity contribution in [2.45, 2.75) is 11.4 Å². The minimum Gasteiger partial charge on any atom is -0.305 e. The van der Waals surface area contributed by atoms with Gasteiger partial charge >= 0.3 is 6.03 Å². The fraction of sp³-hybridized carbons (Fsp3) is 0.0833. The van der Waals surface area contributed by atoms with Crippen LogP contribution in [0.4, 0.5) is 10.5 Å². The van der Waals surface area contributed by atoms with E-state index in [-0.39, 0.29) is 11.4 Å². The molecule has 0 aliphatic carbocycles. The van der Waals surface area contributed by atoms with E-state index in [2.05, 4.69) is 5.32 Å². The molecule has 0 saturated carbocycles. The van der Waals surface area contributed by atoms with E-state index in [1.165, 1.54) is 16.7 Å². The summed E-state index contributed by atoms with van der Waals surface area (Å²) in [5.41, 5.74) is 0.905. The van der Waals surface area contributed by atoms with Crippen LogP contribution in [0.3, 0.4) is 0 Å². The molecule has 2 heterocycles. The van der Waals surface area contributed by atoms with Gasteiger partial charge in [-0.15, -0.1) is 11.3 Å². The third kappa shape index (κ3) is 2.07. The Kier molecular flexibility index (Phi) is 3.19. The van der Waals surface area contributed by atoms with E-state index in [1.807, 2.05) is 0 Å². The van der Waals surface area contributed by atoms with Crippen LogP contribution in [0.2, 0.25) is 5.02 Å². The number of rotatable bonds is 2. The number of nitrogens with zero attached hydrogens (tertiary/aromatic N) is 1. The minimum atomic E-state index is -3.83. The number of nitrogens with one attached hydrogen (secondary N) is 1. The van der Waals surface area contributed by atoms with Gasteiger partial charge in [0.2, 0.25) is 0 Å². The van der Waals surface area contributed by atoms with Crippen LogP contribution in [0.1, 0.15) is 5.56 Å². The van der Waals surface area contributed by atoms with Crippen molar-refractivity contribution in [3.05, 3.63) is 45.6 Å². The summed E-state index contributed by atoms with van der Waals surface area (Å²) in [6.45, 7) is -0.0941. The van der Waals surface area contributed by atoms with Crippen LogP contribution in [0, 0.1) is 0 Å². The summed E-state index contributed by atoms with van der Waals surface area (Å²) in [4.78, 5) is 12.1. The maximum Gasteiger partial charge on any atom is 0.336 e.